The highest BCUT2D eigenvalue weighted by atomic mass is 127. The zero-order valence-corrected chi connectivity index (χ0v) is 9.75. The number of rotatable bonds is 3. The number of amides is 1. The van der Waals surface area contributed by atoms with Gasteiger partial charge in [0.15, 0.2) is 0 Å². The van der Waals surface area contributed by atoms with Gasteiger partial charge in [-0.1, -0.05) is 12.1 Å². The van der Waals surface area contributed by atoms with Gasteiger partial charge in [-0.2, -0.15) is 0 Å². The molecule has 1 aromatic carbocycles. The third kappa shape index (κ3) is 3.52. The number of nitrogens with two attached hydrogens (primary N) is 1. The molecule has 1 atom stereocenters. The first-order valence-electron chi connectivity index (χ1n) is 3.77. The van der Waals surface area contributed by atoms with Gasteiger partial charge < -0.3 is 5.73 Å². The number of hydrogen-bond donors (Lipinski definition) is 1. The number of carbonyl (C=O) groups excluding carboxylic acids is 1. The van der Waals surface area contributed by atoms with Gasteiger partial charge in [-0.3, -0.25) is 4.79 Å². The molecule has 1 unspecified atom stereocenters. The van der Waals surface area contributed by atoms with Gasteiger partial charge in [-0.25, -0.2) is 0 Å². The lowest BCUT2D eigenvalue weighted by Gasteiger charge is -2.04. The van der Waals surface area contributed by atoms with Crippen LogP contribution in [0.3, 0.4) is 0 Å². The predicted octanol–water partition coefficient (Wildman–Crippen LogP) is 1.93. The van der Waals surface area contributed by atoms with Crippen LogP contribution in [0.1, 0.15) is 5.56 Å². The van der Waals surface area contributed by atoms with Crippen LogP contribution in [-0.4, -0.2) is 11.3 Å². The SMILES string of the molecule is NC(=O)C(Cl)Cc1cccc(I)c1. The highest BCUT2D eigenvalue weighted by Gasteiger charge is 2.11. The molecule has 0 fully saturated rings. The molecule has 0 saturated heterocycles. The van der Waals surface area contributed by atoms with Crippen molar-refractivity contribution in [2.45, 2.75) is 11.8 Å². The number of carbonyl (C=O) groups is 1. The Morgan fingerprint density at radius 2 is 2.31 bits per heavy atom. The predicted molar refractivity (Wildman–Crippen MR) is 61.7 cm³/mol. The van der Waals surface area contributed by atoms with Crippen LogP contribution in [0.4, 0.5) is 0 Å². The summed E-state index contributed by atoms with van der Waals surface area (Å²) in [6, 6.07) is 7.83. The molecule has 2 N–H and O–H groups in total. The highest BCUT2D eigenvalue weighted by molar-refractivity contribution is 14.1. The number of benzene rings is 1. The minimum Gasteiger partial charge on any atom is -0.368 e. The Morgan fingerprint density at radius 3 is 2.85 bits per heavy atom. The molecule has 0 spiro atoms. The van der Waals surface area contributed by atoms with E-state index in [9.17, 15) is 4.79 Å². The number of hydrogen-bond acceptors (Lipinski definition) is 1. The molecule has 1 amide bonds. The molecule has 0 aliphatic carbocycles. The highest BCUT2D eigenvalue weighted by Crippen LogP contribution is 2.11. The van der Waals surface area contributed by atoms with E-state index in [0.717, 1.165) is 9.13 Å². The zero-order chi connectivity index (χ0) is 9.84. The Morgan fingerprint density at radius 1 is 1.62 bits per heavy atom. The summed E-state index contributed by atoms with van der Waals surface area (Å²) in [7, 11) is 0. The van der Waals surface area contributed by atoms with E-state index in [1.165, 1.54) is 0 Å². The molecule has 0 radical (unpaired) electrons. The molecule has 0 bridgehead atoms. The van der Waals surface area contributed by atoms with E-state index in [-0.39, 0.29) is 0 Å². The molecule has 0 aliphatic heterocycles. The Kier molecular flexibility index (Phi) is 3.99. The Bertz CT molecular complexity index is 316. The summed E-state index contributed by atoms with van der Waals surface area (Å²) in [6.07, 6.45) is 0.494. The van der Waals surface area contributed by atoms with Gasteiger partial charge in [-0.15, -0.1) is 11.6 Å². The molecular weight excluding hydrogens is 300 g/mol. The van der Waals surface area contributed by atoms with Crippen LogP contribution >= 0.6 is 34.2 Å². The quantitative estimate of drug-likeness (QED) is 0.673. The molecule has 2 nitrogen and oxygen atoms in total. The Balaban J connectivity index is 2.69. The lowest BCUT2D eigenvalue weighted by atomic mass is 10.1. The van der Waals surface area contributed by atoms with Gasteiger partial charge in [0.2, 0.25) is 5.91 Å². The van der Waals surface area contributed by atoms with Crippen molar-refractivity contribution in [1.82, 2.24) is 0 Å². The molecule has 70 valence electrons. The van der Waals surface area contributed by atoms with Crippen LogP contribution in [0.25, 0.3) is 0 Å². The van der Waals surface area contributed by atoms with Crippen molar-refractivity contribution in [1.29, 1.82) is 0 Å². The summed E-state index contributed by atoms with van der Waals surface area (Å²) in [5.41, 5.74) is 6.08. The smallest absolute Gasteiger partial charge is 0.235 e. The van der Waals surface area contributed by atoms with Crippen molar-refractivity contribution in [3.63, 3.8) is 0 Å². The fourth-order valence-corrected chi connectivity index (χ4v) is 1.76. The van der Waals surface area contributed by atoms with Crippen molar-refractivity contribution in [2.75, 3.05) is 0 Å². The maximum atomic E-state index is 10.7. The van der Waals surface area contributed by atoms with E-state index in [1.807, 2.05) is 24.3 Å². The molecule has 0 heterocycles. The van der Waals surface area contributed by atoms with E-state index in [2.05, 4.69) is 22.6 Å². The third-order valence-corrected chi connectivity index (χ3v) is 2.65. The maximum absolute atomic E-state index is 10.7. The maximum Gasteiger partial charge on any atom is 0.235 e. The fourth-order valence-electron chi connectivity index (χ4n) is 0.971. The van der Waals surface area contributed by atoms with Gasteiger partial charge in [0.25, 0.3) is 0 Å². The van der Waals surface area contributed by atoms with Crippen molar-refractivity contribution in [3.05, 3.63) is 33.4 Å². The summed E-state index contributed by atoms with van der Waals surface area (Å²) in [4.78, 5) is 10.7. The van der Waals surface area contributed by atoms with Gasteiger partial charge in [0.1, 0.15) is 5.38 Å². The summed E-state index contributed by atoms with van der Waals surface area (Å²) in [6.45, 7) is 0. The molecule has 1 aromatic rings. The molecule has 0 saturated carbocycles. The van der Waals surface area contributed by atoms with Gasteiger partial charge in [-0.05, 0) is 46.7 Å². The topological polar surface area (TPSA) is 43.1 Å². The van der Waals surface area contributed by atoms with Gasteiger partial charge >= 0.3 is 0 Å². The molecule has 13 heavy (non-hydrogen) atoms. The first kappa shape index (κ1) is 10.8. The van der Waals surface area contributed by atoms with E-state index >= 15 is 0 Å². The standard InChI is InChI=1S/C9H9ClINO/c10-8(9(12)13)5-6-2-1-3-7(11)4-6/h1-4,8H,5H2,(H2,12,13). The van der Waals surface area contributed by atoms with E-state index < -0.39 is 11.3 Å². The van der Waals surface area contributed by atoms with E-state index in [0.29, 0.717) is 6.42 Å². The van der Waals surface area contributed by atoms with Crippen LogP contribution in [0.2, 0.25) is 0 Å². The second kappa shape index (κ2) is 4.81. The zero-order valence-electron chi connectivity index (χ0n) is 6.84. The minimum atomic E-state index is -0.613. The van der Waals surface area contributed by atoms with Crippen LogP contribution in [0, 0.1) is 3.57 Å². The number of primary amides is 1. The Labute approximate surface area is 95.6 Å². The molecule has 0 aliphatic rings. The van der Waals surface area contributed by atoms with Gasteiger partial charge in [0, 0.05) is 3.57 Å². The largest absolute Gasteiger partial charge is 0.368 e. The molecule has 0 aromatic heterocycles. The van der Waals surface area contributed by atoms with E-state index in [4.69, 9.17) is 17.3 Å². The van der Waals surface area contributed by atoms with Crippen molar-refractivity contribution in [2.24, 2.45) is 5.73 Å². The summed E-state index contributed by atoms with van der Waals surface area (Å²) in [5, 5.41) is -0.613. The average Bonchev–Trinajstić information content (AvgIpc) is 2.04. The summed E-state index contributed by atoms with van der Waals surface area (Å²) < 4.78 is 1.13. The molecular formula is C9H9ClINO. The van der Waals surface area contributed by atoms with Crippen LogP contribution in [-0.2, 0) is 11.2 Å². The van der Waals surface area contributed by atoms with Crippen molar-refractivity contribution >= 4 is 40.1 Å². The number of alkyl halides is 1. The van der Waals surface area contributed by atoms with Crippen LogP contribution < -0.4 is 5.73 Å². The normalized spacial score (nSPS) is 12.5. The first-order chi connectivity index (χ1) is 6.09. The first-order valence-corrected chi connectivity index (χ1v) is 5.29. The van der Waals surface area contributed by atoms with Crippen LogP contribution in [0.5, 0.6) is 0 Å². The van der Waals surface area contributed by atoms with Gasteiger partial charge in [0.05, 0.1) is 0 Å². The molecule has 1 rings (SSSR count). The minimum absolute atomic E-state index is 0.472. The van der Waals surface area contributed by atoms with Crippen molar-refractivity contribution in [3.8, 4) is 0 Å². The summed E-state index contributed by atoms with van der Waals surface area (Å²) >= 11 is 7.94. The van der Waals surface area contributed by atoms with Crippen molar-refractivity contribution < 1.29 is 4.79 Å². The monoisotopic (exact) mass is 309 g/mol. The van der Waals surface area contributed by atoms with E-state index in [1.54, 1.807) is 0 Å². The average molecular weight is 310 g/mol. The second-order valence-corrected chi connectivity index (χ2v) is 4.48. The molecule has 4 heteroatoms. The Hall–Kier alpha value is -0.290. The lowest BCUT2D eigenvalue weighted by molar-refractivity contribution is -0.117. The second-order valence-electron chi connectivity index (χ2n) is 2.70. The van der Waals surface area contributed by atoms with Crippen LogP contribution in [0.15, 0.2) is 24.3 Å². The number of halogens is 2. The fraction of sp³-hybridized carbons (Fsp3) is 0.222. The third-order valence-electron chi connectivity index (χ3n) is 1.61. The summed E-state index contributed by atoms with van der Waals surface area (Å²) in [5.74, 6) is -0.472. The lowest BCUT2D eigenvalue weighted by Crippen LogP contribution is -2.25.